The third-order valence-corrected chi connectivity index (χ3v) is 5.13. The largest absolute Gasteiger partial charge is 0.465 e. The number of nitriles is 1. The standard InChI is InChI=1S/C17H21N3O4/c1-9-13(17(23)24-2)3-10(6-18)16(19-9)20-7-11-4-14(21)15(22)5-12(11)8-20/h3,11-12,14-15,21-22H,4-5,7-8H2,1-2H3/t11-,12+,14-,15-/m0/s1. The SMILES string of the molecule is COC(=O)c1cc(C#N)c(N2C[C@H]3C[C@H](O)[C@@H](O)C[C@H]3C2)nc1C. The van der Waals surface area contributed by atoms with Gasteiger partial charge in [0.2, 0.25) is 0 Å². The van der Waals surface area contributed by atoms with Gasteiger partial charge in [-0.2, -0.15) is 5.26 Å². The van der Waals surface area contributed by atoms with Gasteiger partial charge in [0.15, 0.2) is 0 Å². The summed E-state index contributed by atoms with van der Waals surface area (Å²) in [7, 11) is 1.30. The number of aromatic nitrogens is 1. The molecule has 0 radical (unpaired) electrons. The van der Waals surface area contributed by atoms with Crippen molar-refractivity contribution < 1.29 is 19.7 Å². The number of carbonyl (C=O) groups excluding carboxylic acids is 1. The van der Waals surface area contributed by atoms with Gasteiger partial charge in [-0.3, -0.25) is 0 Å². The summed E-state index contributed by atoms with van der Waals surface area (Å²) in [6.07, 6.45) is -0.247. The molecule has 0 amide bonds. The number of hydrogen-bond donors (Lipinski definition) is 2. The van der Waals surface area contributed by atoms with Crippen LogP contribution in [0.15, 0.2) is 6.07 Å². The lowest BCUT2D eigenvalue weighted by molar-refractivity contribution is -0.0372. The molecule has 1 saturated heterocycles. The molecule has 2 N–H and O–H groups in total. The van der Waals surface area contributed by atoms with Gasteiger partial charge >= 0.3 is 5.97 Å². The second-order valence-corrected chi connectivity index (χ2v) is 6.63. The summed E-state index contributed by atoms with van der Waals surface area (Å²) in [5.74, 6) is 0.597. The van der Waals surface area contributed by atoms with E-state index >= 15 is 0 Å². The summed E-state index contributed by atoms with van der Waals surface area (Å²) >= 11 is 0. The van der Waals surface area contributed by atoms with Crippen molar-refractivity contribution in [1.82, 2.24) is 4.98 Å². The zero-order valence-corrected chi connectivity index (χ0v) is 13.8. The molecule has 1 aliphatic heterocycles. The fourth-order valence-corrected chi connectivity index (χ4v) is 3.81. The van der Waals surface area contributed by atoms with E-state index in [1.54, 1.807) is 6.92 Å². The van der Waals surface area contributed by atoms with Gasteiger partial charge in [0.1, 0.15) is 11.9 Å². The number of anilines is 1. The molecular weight excluding hydrogens is 310 g/mol. The molecule has 1 aromatic rings. The number of carbonyl (C=O) groups is 1. The number of rotatable bonds is 2. The van der Waals surface area contributed by atoms with Gasteiger partial charge in [-0.05, 0) is 37.7 Å². The Balaban J connectivity index is 1.89. The summed E-state index contributed by atoms with van der Waals surface area (Å²) in [4.78, 5) is 18.3. The average Bonchev–Trinajstić information content (AvgIpc) is 2.96. The summed E-state index contributed by atoms with van der Waals surface area (Å²) in [5, 5.41) is 29.2. The van der Waals surface area contributed by atoms with Crippen LogP contribution in [-0.2, 0) is 4.74 Å². The maximum Gasteiger partial charge on any atom is 0.339 e. The fourth-order valence-electron chi connectivity index (χ4n) is 3.81. The number of esters is 1. The lowest BCUT2D eigenvalue weighted by Gasteiger charge is -2.31. The number of aryl methyl sites for hydroxylation is 1. The Morgan fingerprint density at radius 2 is 1.92 bits per heavy atom. The molecular formula is C17H21N3O4. The van der Waals surface area contributed by atoms with Gasteiger partial charge in [-0.1, -0.05) is 0 Å². The highest BCUT2D eigenvalue weighted by Crippen LogP contribution is 2.38. The topological polar surface area (TPSA) is 107 Å². The Morgan fingerprint density at radius 3 is 2.42 bits per heavy atom. The van der Waals surface area contributed by atoms with Crippen LogP contribution in [-0.4, -0.2) is 53.6 Å². The predicted molar refractivity (Wildman–Crippen MR) is 85.5 cm³/mol. The second kappa shape index (κ2) is 6.38. The third-order valence-electron chi connectivity index (χ3n) is 5.13. The van der Waals surface area contributed by atoms with E-state index in [4.69, 9.17) is 4.74 Å². The maximum absolute atomic E-state index is 11.8. The molecule has 3 rings (SSSR count). The Morgan fingerprint density at radius 1 is 1.33 bits per heavy atom. The first-order valence-electron chi connectivity index (χ1n) is 8.05. The maximum atomic E-state index is 11.8. The molecule has 4 atom stereocenters. The minimum atomic E-state index is -0.682. The fraction of sp³-hybridized carbons (Fsp3) is 0.588. The molecule has 1 saturated carbocycles. The van der Waals surface area contributed by atoms with Crippen molar-refractivity contribution in [2.45, 2.75) is 32.0 Å². The smallest absolute Gasteiger partial charge is 0.339 e. The molecule has 2 heterocycles. The Bertz CT molecular complexity index is 682. The number of aliphatic hydroxyl groups is 2. The van der Waals surface area contributed by atoms with Crippen LogP contribution in [0.5, 0.6) is 0 Å². The van der Waals surface area contributed by atoms with Gasteiger partial charge in [0, 0.05) is 13.1 Å². The van der Waals surface area contributed by atoms with Gasteiger partial charge in [0.25, 0.3) is 0 Å². The molecule has 0 bridgehead atoms. The third kappa shape index (κ3) is 2.83. The van der Waals surface area contributed by atoms with Gasteiger partial charge in [0.05, 0.1) is 36.1 Å². The minimum absolute atomic E-state index is 0.275. The zero-order chi connectivity index (χ0) is 17.4. The number of ether oxygens (including phenoxy) is 1. The second-order valence-electron chi connectivity index (χ2n) is 6.63. The molecule has 2 fully saturated rings. The van der Waals surface area contributed by atoms with Crippen molar-refractivity contribution in [2.75, 3.05) is 25.1 Å². The normalized spacial score (nSPS) is 29.0. The van der Waals surface area contributed by atoms with E-state index in [9.17, 15) is 20.3 Å². The predicted octanol–water partition coefficient (Wildman–Crippen LogP) is 0.616. The van der Waals surface area contributed by atoms with Crippen molar-refractivity contribution in [3.05, 3.63) is 22.9 Å². The van der Waals surface area contributed by atoms with E-state index < -0.39 is 18.2 Å². The summed E-state index contributed by atoms with van der Waals surface area (Å²) in [5.41, 5.74) is 1.15. The van der Waals surface area contributed by atoms with Gasteiger partial charge in [-0.25, -0.2) is 9.78 Å². The van der Waals surface area contributed by atoms with Crippen LogP contribution >= 0.6 is 0 Å². The van der Waals surface area contributed by atoms with Crippen LogP contribution in [0.3, 0.4) is 0 Å². The molecule has 24 heavy (non-hydrogen) atoms. The molecule has 128 valence electrons. The number of aliphatic hydroxyl groups excluding tert-OH is 2. The monoisotopic (exact) mass is 331 g/mol. The van der Waals surface area contributed by atoms with Crippen molar-refractivity contribution in [3.8, 4) is 6.07 Å². The highest BCUT2D eigenvalue weighted by Gasteiger charge is 2.42. The lowest BCUT2D eigenvalue weighted by atomic mass is 9.79. The number of hydrogen-bond acceptors (Lipinski definition) is 7. The highest BCUT2D eigenvalue weighted by atomic mass is 16.5. The molecule has 1 aromatic heterocycles. The van der Waals surface area contributed by atoms with Crippen molar-refractivity contribution in [3.63, 3.8) is 0 Å². The van der Waals surface area contributed by atoms with Crippen LogP contribution in [0.1, 0.15) is 34.5 Å². The summed E-state index contributed by atoms with van der Waals surface area (Å²) in [6.45, 7) is 3.09. The van der Waals surface area contributed by atoms with E-state index in [0.717, 1.165) is 0 Å². The molecule has 7 heteroatoms. The average molecular weight is 331 g/mol. The first kappa shape index (κ1) is 16.7. The summed E-state index contributed by atoms with van der Waals surface area (Å²) in [6, 6.07) is 3.63. The van der Waals surface area contributed by atoms with E-state index in [-0.39, 0.29) is 11.8 Å². The number of fused-ring (bicyclic) bond motifs is 1. The lowest BCUT2D eigenvalue weighted by Crippen LogP contribution is -2.38. The van der Waals surface area contributed by atoms with E-state index in [1.807, 2.05) is 4.90 Å². The molecule has 2 aliphatic rings. The molecule has 1 aliphatic carbocycles. The molecule has 0 aromatic carbocycles. The van der Waals surface area contributed by atoms with Crippen LogP contribution in [0.4, 0.5) is 5.82 Å². The highest BCUT2D eigenvalue weighted by molar-refractivity contribution is 5.91. The Hall–Kier alpha value is -2.17. The van der Waals surface area contributed by atoms with E-state index in [1.165, 1.54) is 13.2 Å². The van der Waals surface area contributed by atoms with Crippen LogP contribution in [0.2, 0.25) is 0 Å². The molecule has 0 unspecified atom stereocenters. The van der Waals surface area contributed by atoms with Gasteiger partial charge < -0.3 is 19.8 Å². The van der Waals surface area contributed by atoms with Crippen molar-refractivity contribution in [1.29, 1.82) is 5.26 Å². The molecule has 0 spiro atoms. The number of nitrogens with zero attached hydrogens (tertiary/aromatic N) is 3. The van der Waals surface area contributed by atoms with E-state index in [0.29, 0.717) is 48.6 Å². The number of methoxy groups -OCH3 is 1. The summed E-state index contributed by atoms with van der Waals surface area (Å²) < 4.78 is 4.73. The quantitative estimate of drug-likeness (QED) is 0.765. The Labute approximate surface area is 140 Å². The molecule has 7 nitrogen and oxygen atoms in total. The first-order valence-corrected chi connectivity index (χ1v) is 8.05. The zero-order valence-electron chi connectivity index (χ0n) is 13.8. The van der Waals surface area contributed by atoms with Gasteiger partial charge in [-0.15, -0.1) is 0 Å². The van der Waals surface area contributed by atoms with E-state index in [2.05, 4.69) is 11.1 Å². The minimum Gasteiger partial charge on any atom is -0.465 e. The first-order chi connectivity index (χ1) is 11.4. The van der Waals surface area contributed by atoms with Crippen molar-refractivity contribution >= 4 is 11.8 Å². The van der Waals surface area contributed by atoms with Crippen LogP contribution < -0.4 is 4.90 Å². The van der Waals surface area contributed by atoms with Crippen LogP contribution in [0, 0.1) is 30.1 Å². The van der Waals surface area contributed by atoms with Crippen LogP contribution in [0.25, 0.3) is 0 Å². The van der Waals surface area contributed by atoms with Crippen molar-refractivity contribution in [2.24, 2.45) is 11.8 Å². The number of pyridine rings is 1. The Kier molecular flexibility index (Phi) is 4.43.